The first-order valence-corrected chi connectivity index (χ1v) is 7.29. The molecule has 0 spiro atoms. The van der Waals surface area contributed by atoms with Crippen LogP contribution in [0.1, 0.15) is 48.5 Å². The Morgan fingerprint density at radius 3 is 2.14 bits per heavy atom. The molecular weight excluding hydrogens is 262 g/mol. The summed E-state index contributed by atoms with van der Waals surface area (Å²) < 4.78 is 5.49. The first kappa shape index (κ1) is 19.4. The average molecular weight is 291 g/mol. The zero-order valence-electron chi connectivity index (χ0n) is 14.7. The third-order valence-electron chi connectivity index (χ3n) is 2.74. The van der Waals surface area contributed by atoms with E-state index in [9.17, 15) is 4.79 Å². The molecule has 0 bridgehead atoms. The van der Waals surface area contributed by atoms with Gasteiger partial charge in [0.15, 0.2) is 0 Å². The van der Waals surface area contributed by atoms with Crippen molar-refractivity contribution in [3.63, 3.8) is 0 Å². The molecule has 0 aliphatic rings. The smallest absolute Gasteiger partial charge is 0.313 e. The van der Waals surface area contributed by atoms with Crippen LogP contribution in [-0.4, -0.2) is 24.8 Å². The molecule has 0 amide bonds. The number of esters is 1. The van der Waals surface area contributed by atoms with Crippen LogP contribution in [0.25, 0.3) is 0 Å². The number of aliphatic imine (C=N–C) groups is 1. The SMILES string of the molecule is C/C=C(/C=N\C)C(=C\C=C(C)C)\C(C)C(=O)OC(C)(C)C. The van der Waals surface area contributed by atoms with E-state index >= 15 is 0 Å². The Morgan fingerprint density at radius 1 is 1.19 bits per heavy atom. The minimum atomic E-state index is -0.484. The molecule has 0 rings (SSSR count). The maximum absolute atomic E-state index is 12.3. The van der Waals surface area contributed by atoms with Gasteiger partial charge in [0.2, 0.25) is 0 Å². The van der Waals surface area contributed by atoms with Gasteiger partial charge in [-0.25, -0.2) is 0 Å². The van der Waals surface area contributed by atoms with Gasteiger partial charge in [0.05, 0.1) is 5.92 Å². The van der Waals surface area contributed by atoms with E-state index in [2.05, 4.69) is 4.99 Å². The van der Waals surface area contributed by atoms with Gasteiger partial charge in [-0.2, -0.15) is 0 Å². The van der Waals surface area contributed by atoms with Crippen molar-refractivity contribution in [2.45, 2.75) is 54.1 Å². The van der Waals surface area contributed by atoms with Crippen molar-refractivity contribution in [1.82, 2.24) is 0 Å². The van der Waals surface area contributed by atoms with E-state index in [1.807, 2.05) is 66.7 Å². The van der Waals surface area contributed by atoms with Crippen molar-refractivity contribution in [3.8, 4) is 0 Å². The first-order chi connectivity index (χ1) is 9.62. The quantitative estimate of drug-likeness (QED) is 0.425. The topological polar surface area (TPSA) is 38.7 Å². The lowest BCUT2D eigenvalue weighted by Gasteiger charge is -2.23. The molecule has 0 saturated carbocycles. The lowest BCUT2D eigenvalue weighted by atomic mass is 9.93. The van der Waals surface area contributed by atoms with Gasteiger partial charge in [-0.3, -0.25) is 9.79 Å². The molecular formula is C18H29NO2. The van der Waals surface area contributed by atoms with Gasteiger partial charge in [0, 0.05) is 13.3 Å². The summed E-state index contributed by atoms with van der Waals surface area (Å²) in [5.41, 5.74) is 2.54. The third kappa shape index (κ3) is 7.64. The summed E-state index contributed by atoms with van der Waals surface area (Å²) in [5.74, 6) is -0.566. The summed E-state index contributed by atoms with van der Waals surface area (Å²) in [6, 6.07) is 0. The second-order valence-corrected chi connectivity index (χ2v) is 6.25. The molecule has 0 fully saturated rings. The van der Waals surface area contributed by atoms with Crippen LogP contribution < -0.4 is 0 Å². The van der Waals surface area contributed by atoms with Gasteiger partial charge >= 0.3 is 5.97 Å². The summed E-state index contributed by atoms with van der Waals surface area (Å²) in [6.07, 6.45) is 7.70. The Hall–Kier alpha value is -1.64. The molecule has 118 valence electrons. The maximum atomic E-state index is 12.3. The molecule has 1 atom stereocenters. The third-order valence-corrected chi connectivity index (χ3v) is 2.74. The van der Waals surface area contributed by atoms with Crippen LogP contribution in [0.3, 0.4) is 0 Å². The van der Waals surface area contributed by atoms with Gasteiger partial charge in [0.25, 0.3) is 0 Å². The maximum Gasteiger partial charge on any atom is 0.313 e. The highest BCUT2D eigenvalue weighted by molar-refractivity contribution is 5.89. The highest BCUT2D eigenvalue weighted by Crippen LogP contribution is 2.23. The van der Waals surface area contributed by atoms with Gasteiger partial charge in [-0.1, -0.05) is 23.8 Å². The Kier molecular flexibility index (Phi) is 7.93. The number of hydrogen-bond acceptors (Lipinski definition) is 3. The molecule has 0 radical (unpaired) electrons. The van der Waals surface area contributed by atoms with Crippen molar-refractivity contribution in [1.29, 1.82) is 0 Å². The molecule has 0 aliphatic carbocycles. The van der Waals surface area contributed by atoms with Crippen LogP contribution in [0, 0.1) is 5.92 Å². The Bertz CT molecular complexity index is 470. The fraction of sp³-hybridized carbons (Fsp3) is 0.556. The number of carbonyl (C=O) groups is 1. The van der Waals surface area contributed by atoms with Crippen LogP contribution in [0.5, 0.6) is 0 Å². The van der Waals surface area contributed by atoms with E-state index < -0.39 is 5.60 Å². The number of allylic oxidation sites excluding steroid dienone is 5. The van der Waals surface area contributed by atoms with E-state index in [1.54, 1.807) is 13.3 Å². The van der Waals surface area contributed by atoms with Gasteiger partial charge < -0.3 is 4.74 Å². The van der Waals surface area contributed by atoms with Crippen molar-refractivity contribution in [2.75, 3.05) is 7.05 Å². The zero-order chi connectivity index (χ0) is 16.6. The fourth-order valence-electron chi connectivity index (χ4n) is 1.72. The highest BCUT2D eigenvalue weighted by atomic mass is 16.6. The summed E-state index contributed by atoms with van der Waals surface area (Å²) in [6.45, 7) is 13.5. The molecule has 0 saturated heterocycles. The van der Waals surface area contributed by atoms with Crippen LogP contribution >= 0.6 is 0 Å². The van der Waals surface area contributed by atoms with Crippen LogP contribution in [0.4, 0.5) is 0 Å². The molecule has 0 heterocycles. The number of ether oxygens (including phenoxy) is 1. The molecule has 1 unspecified atom stereocenters. The van der Waals surface area contributed by atoms with E-state index in [-0.39, 0.29) is 11.9 Å². The van der Waals surface area contributed by atoms with Crippen molar-refractivity contribution in [2.24, 2.45) is 10.9 Å². The Balaban J connectivity index is 5.55. The number of carbonyl (C=O) groups excluding carboxylic acids is 1. The highest BCUT2D eigenvalue weighted by Gasteiger charge is 2.25. The second kappa shape index (κ2) is 8.60. The predicted octanol–water partition coefficient (Wildman–Crippen LogP) is 4.50. The Morgan fingerprint density at radius 2 is 1.76 bits per heavy atom. The Labute approximate surface area is 129 Å². The number of hydrogen-bond donors (Lipinski definition) is 0. The molecule has 3 nitrogen and oxygen atoms in total. The van der Waals surface area contributed by atoms with Gasteiger partial charge in [-0.05, 0) is 59.6 Å². The van der Waals surface area contributed by atoms with E-state index in [0.717, 1.165) is 11.1 Å². The summed E-state index contributed by atoms with van der Waals surface area (Å²) in [5, 5.41) is 0. The molecule has 0 N–H and O–H groups in total. The molecule has 0 aliphatic heterocycles. The molecule has 3 heteroatoms. The molecule has 21 heavy (non-hydrogen) atoms. The molecule has 0 aromatic rings. The van der Waals surface area contributed by atoms with Crippen LogP contribution in [-0.2, 0) is 9.53 Å². The van der Waals surface area contributed by atoms with Crippen LogP contribution in [0.15, 0.2) is 39.9 Å². The monoisotopic (exact) mass is 291 g/mol. The van der Waals surface area contributed by atoms with Gasteiger partial charge in [-0.15, -0.1) is 0 Å². The van der Waals surface area contributed by atoms with Crippen molar-refractivity contribution in [3.05, 3.63) is 34.9 Å². The standard InChI is InChI=1S/C18H29NO2/c1-9-15(12-19-8)16(11-10-13(2)3)14(4)17(20)21-18(5,6)7/h9-12,14H,1-8H3/b15-9-,16-11+,19-12-. The molecule has 0 aromatic carbocycles. The van der Waals surface area contributed by atoms with Crippen molar-refractivity contribution < 1.29 is 9.53 Å². The normalized spacial score (nSPS) is 15.0. The summed E-state index contributed by atoms with van der Waals surface area (Å²) in [7, 11) is 1.72. The van der Waals surface area contributed by atoms with E-state index in [1.165, 1.54) is 5.57 Å². The van der Waals surface area contributed by atoms with Crippen LogP contribution in [0.2, 0.25) is 0 Å². The van der Waals surface area contributed by atoms with Crippen molar-refractivity contribution >= 4 is 12.2 Å². The number of rotatable bonds is 5. The first-order valence-electron chi connectivity index (χ1n) is 7.29. The second-order valence-electron chi connectivity index (χ2n) is 6.25. The van der Waals surface area contributed by atoms with E-state index in [0.29, 0.717) is 0 Å². The lowest BCUT2D eigenvalue weighted by Crippen LogP contribution is -2.28. The lowest BCUT2D eigenvalue weighted by molar-refractivity contribution is -0.157. The minimum Gasteiger partial charge on any atom is -0.460 e. The summed E-state index contributed by atoms with van der Waals surface area (Å²) >= 11 is 0. The number of nitrogens with zero attached hydrogens (tertiary/aromatic N) is 1. The minimum absolute atomic E-state index is 0.222. The van der Waals surface area contributed by atoms with Gasteiger partial charge in [0.1, 0.15) is 5.60 Å². The predicted molar refractivity (Wildman–Crippen MR) is 90.7 cm³/mol. The zero-order valence-corrected chi connectivity index (χ0v) is 14.7. The average Bonchev–Trinajstić information content (AvgIpc) is 2.34. The van der Waals surface area contributed by atoms with E-state index in [4.69, 9.17) is 4.74 Å². The summed E-state index contributed by atoms with van der Waals surface area (Å²) in [4.78, 5) is 16.4. The largest absolute Gasteiger partial charge is 0.460 e. The fourth-order valence-corrected chi connectivity index (χ4v) is 1.72. The molecule has 0 aromatic heterocycles.